The highest BCUT2D eigenvalue weighted by atomic mass is 16.4. The summed E-state index contributed by atoms with van der Waals surface area (Å²) in [6, 6.07) is 12.8. The maximum Gasteiger partial charge on any atom is 0.303 e. The molecular weight excluding hydrogens is 238 g/mol. The van der Waals surface area contributed by atoms with Gasteiger partial charge in [0.2, 0.25) is 0 Å². The van der Waals surface area contributed by atoms with Gasteiger partial charge in [-0.05, 0) is 36.2 Å². The highest BCUT2D eigenvalue weighted by Gasteiger charge is 2.04. The molecule has 0 atom stereocenters. The molecule has 100 valence electrons. The van der Waals surface area contributed by atoms with E-state index in [4.69, 9.17) is 5.11 Å². The SMILES string of the molecule is Cc1ccc2cc(N(C)CCCC(=O)O)ccc2c1. The maximum absolute atomic E-state index is 10.5. The summed E-state index contributed by atoms with van der Waals surface area (Å²) >= 11 is 0. The van der Waals surface area contributed by atoms with Crippen LogP contribution >= 0.6 is 0 Å². The van der Waals surface area contributed by atoms with Crippen molar-refractivity contribution in [2.45, 2.75) is 19.8 Å². The van der Waals surface area contributed by atoms with E-state index >= 15 is 0 Å². The fourth-order valence-corrected chi connectivity index (χ4v) is 2.19. The van der Waals surface area contributed by atoms with E-state index in [2.05, 4.69) is 48.2 Å². The van der Waals surface area contributed by atoms with Gasteiger partial charge in [-0.2, -0.15) is 0 Å². The highest BCUT2D eigenvalue weighted by Crippen LogP contribution is 2.22. The molecule has 0 saturated heterocycles. The number of nitrogens with zero attached hydrogens (tertiary/aromatic N) is 1. The van der Waals surface area contributed by atoms with Gasteiger partial charge in [0.15, 0.2) is 0 Å². The van der Waals surface area contributed by atoms with E-state index < -0.39 is 5.97 Å². The second-order valence-corrected chi connectivity index (χ2v) is 4.95. The third-order valence-electron chi connectivity index (χ3n) is 3.30. The van der Waals surface area contributed by atoms with Crippen LogP contribution < -0.4 is 4.90 Å². The second kappa shape index (κ2) is 5.74. The molecule has 19 heavy (non-hydrogen) atoms. The van der Waals surface area contributed by atoms with Crippen molar-refractivity contribution in [2.24, 2.45) is 0 Å². The van der Waals surface area contributed by atoms with Crippen molar-refractivity contribution in [3.8, 4) is 0 Å². The monoisotopic (exact) mass is 257 g/mol. The number of aryl methyl sites for hydroxylation is 1. The first-order valence-electron chi connectivity index (χ1n) is 6.49. The van der Waals surface area contributed by atoms with Crippen LogP contribution in [-0.2, 0) is 4.79 Å². The van der Waals surface area contributed by atoms with Gasteiger partial charge >= 0.3 is 5.97 Å². The first-order valence-corrected chi connectivity index (χ1v) is 6.49. The number of carboxylic acid groups (broad SMARTS) is 1. The zero-order valence-electron chi connectivity index (χ0n) is 11.4. The molecule has 3 heteroatoms. The van der Waals surface area contributed by atoms with Crippen molar-refractivity contribution in [2.75, 3.05) is 18.5 Å². The predicted octanol–water partition coefficient (Wildman–Crippen LogP) is 3.45. The molecule has 0 amide bonds. The maximum atomic E-state index is 10.5. The van der Waals surface area contributed by atoms with E-state index in [0.29, 0.717) is 6.42 Å². The van der Waals surface area contributed by atoms with E-state index in [-0.39, 0.29) is 6.42 Å². The van der Waals surface area contributed by atoms with Gasteiger partial charge in [0.05, 0.1) is 0 Å². The summed E-state index contributed by atoms with van der Waals surface area (Å²) in [5.41, 5.74) is 2.39. The molecule has 0 saturated carbocycles. The largest absolute Gasteiger partial charge is 0.481 e. The minimum Gasteiger partial charge on any atom is -0.481 e. The molecule has 3 nitrogen and oxygen atoms in total. The molecule has 0 unspecified atom stereocenters. The van der Waals surface area contributed by atoms with Crippen LogP contribution in [0.1, 0.15) is 18.4 Å². The summed E-state index contributed by atoms with van der Waals surface area (Å²) in [6.07, 6.45) is 0.884. The van der Waals surface area contributed by atoms with Gasteiger partial charge in [0.1, 0.15) is 0 Å². The Bertz CT molecular complexity index is 592. The zero-order valence-corrected chi connectivity index (χ0v) is 11.4. The summed E-state index contributed by atoms with van der Waals surface area (Å²) < 4.78 is 0. The van der Waals surface area contributed by atoms with E-state index in [9.17, 15) is 4.79 Å². The summed E-state index contributed by atoms with van der Waals surface area (Å²) in [5.74, 6) is -0.734. The number of hydrogen-bond acceptors (Lipinski definition) is 2. The van der Waals surface area contributed by atoms with Crippen LogP contribution in [0.25, 0.3) is 10.8 Å². The van der Waals surface area contributed by atoms with Gasteiger partial charge in [0.25, 0.3) is 0 Å². The van der Waals surface area contributed by atoms with Gasteiger partial charge in [-0.25, -0.2) is 0 Å². The molecule has 0 spiro atoms. The number of anilines is 1. The summed E-state index contributed by atoms with van der Waals surface area (Å²) in [4.78, 5) is 12.6. The molecule has 2 rings (SSSR count). The molecule has 0 heterocycles. The van der Waals surface area contributed by atoms with E-state index in [1.165, 1.54) is 16.3 Å². The topological polar surface area (TPSA) is 40.5 Å². The van der Waals surface area contributed by atoms with Crippen molar-refractivity contribution in [3.05, 3.63) is 42.0 Å². The third kappa shape index (κ3) is 3.47. The van der Waals surface area contributed by atoms with Crippen molar-refractivity contribution >= 4 is 22.4 Å². The number of aliphatic carboxylic acids is 1. The summed E-state index contributed by atoms with van der Waals surface area (Å²) in [5, 5.41) is 11.1. The molecule has 0 aliphatic rings. The van der Waals surface area contributed by atoms with Crippen molar-refractivity contribution in [1.82, 2.24) is 0 Å². The lowest BCUT2D eigenvalue weighted by atomic mass is 10.1. The van der Waals surface area contributed by atoms with E-state index in [1.54, 1.807) is 0 Å². The minimum absolute atomic E-state index is 0.219. The number of rotatable bonds is 5. The van der Waals surface area contributed by atoms with Crippen LogP contribution in [0.4, 0.5) is 5.69 Å². The second-order valence-electron chi connectivity index (χ2n) is 4.95. The Kier molecular flexibility index (Phi) is 4.05. The molecule has 2 aromatic carbocycles. The number of carboxylic acids is 1. The van der Waals surface area contributed by atoms with E-state index in [1.807, 2.05) is 7.05 Å². The Morgan fingerprint density at radius 2 is 1.84 bits per heavy atom. The first-order chi connectivity index (χ1) is 9.06. The number of benzene rings is 2. The number of carbonyl (C=O) groups is 1. The van der Waals surface area contributed by atoms with Crippen molar-refractivity contribution < 1.29 is 9.90 Å². The normalized spacial score (nSPS) is 10.6. The smallest absolute Gasteiger partial charge is 0.303 e. The summed E-state index contributed by atoms with van der Waals surface area (Å²) in [7, 11) is 2.00. The molecule has 0 aliphatic carbocycles. The van der Waals surface area contributed by atoms with Crippen LogP contribution in [0.3, 0.4) is 0 Å². The molecule has 0 fully saturated rings. The fraction of sp³-hybridized carbons (Fsp3) is 0.312. The molecule has 0 aromatic heterocycles. The summed E-state index contributed by atoms with van der Waals surface area (Å²) in [6.45, 7) is 2.84. The Morgan fingerprint density at radius 3 is 2.58 bits per heavy atom. The van der Waals surface area contributed by atoms with Gasteiger partial charge < -0.3 is 10.0 Å². The molecule has 0 bridgehead atoms. The van der Waals surface area contributed by atoms with Crippen LogP contribution in [0.5, 0.6) is 0 Å². The highest BCUT2D eigenvalue weighted by molar-refractivity contribution is 5.86. The lowest BCUT2D eigenvalue weighted by molar-refractivity contribution is -0.137. The Balaban J connectivity index is 2.11. The van der Waals surface area contributed by atoms with Gasteiger partial charge in [-0.3, -0.25) is 4.79 Å². The lowest BCUT2D eigenvalue weighted by Gasteiger charge is -2.19. The average Bonchev–Trinajstić information content (AvgIpc) is 2.37. The molecule has 0 aliphatic heterocycles. The Hall–Kier alpha value is -2.03. The number of hydrogen-bond donors (Lipinski definition) is 1. The Labute approximate surface area is 113 Å². The van der Waals surface area contributed by atoms with Crippen molar-refractivity contribution in [3.63, 3.8) is 0 Å². The van der Waals surface area contributed by atoms with Crippen LogP contribution in [-0.4, -0.2) is 24.7 Å². The van der Waals surface area contributed by atoms with Crippen molar-refractivity contribution in [1.29, 1.82) is 0 Å². The first kappa shape index (κ1) is 13.4. The van der Waals surface area contributed by atoms with Gasteiger partial charge in [-0.1, -0.05) is 29.8 Å². The standard InChI is InChI=1S/C16H19NO2/c1-12-5-6-14-11-15(8-7-13(14)10-12)17(2)9-3-4-16(18)19/h5-8,10-11H,3-4,9H2,1-2H3,(H,18,19). The average molecular weight is 257 g/mol. The quantitative estimate of drug-likeness (QED) is 0.891. The molecular formula is C16H19NO2. The third-order valence-corrected chi connectivity index (χ3v) is 3.30. The van der Waals surface area contributed by atoms with Gasteiger partial charge in [0, 0.05) is 25.7 Å². The molecule has 0 radical (unpaired) electrons. The predicted molar refractivity (Wildman–Crippen MR) is 78.8 cm³/mol. The van der Waals surface area contributed by atoms with E-state index in [0.717, 1.165) is 12.2 Å². The molecule has 2 aromatic rings. The zero-order chi connectivity index (χ0) is 13.8. The minimum atomic E-state index is -0.734. The van der Waals surface area contributed by atoms with Crippen LogP contribution in [0.15, 0.2) is 36.4 Å². The fourth-order valence-electron chi connectivity index (χ4n) is 2.19. The van der Waals surface area contributed by atoms with Crippen LogP contribution in [0.2, 0.25) is 0 Å². The molecule has 1 N–H and O–H groups in total. The van der Waals surface area contributed by atoms with Crippen LogP contribution in [0, 0.1) is 6.92 Å². The number of fused-ring (bicyclic) bond motifs is 1. The van der Waals surface area contributed by atoms with Gasteiger partial charge in [-0.15, -0.1) is 0 Å². The Morgan fingerprint density at radius 1 is 1.16 bits per heavy atom. The lowest BCUT2D eigenvalue weighted by Crippen LogP contribution is -2.19.